The van der Waals surface area contributed by atoms with Gasteiger partial charge < -0.3 is 14.9 Å². The molecule has 1 aromatic rings. The van der Waals surface area contributed by atoms with E-state index in [4.69, 9.17) is 9.84 Å². The molecule has 1 saturated heterocycles. The summed E-state index contributed by atoms with van der Waals surface area (Å²) in [6, 6.07) is 1.51. The summed E-state index contributed by atoms with van der Waals surface area (Å²) in [4.78, 5) is 35.4. The summed E-state index contributed by atoms with van der Waals surface area (Å²) in [7, 11) is 0. The zero-order valence-electron chi connectivity index (χ0n) is 12.2. The molecule has 0 atom stereocenters. The molecule has 128 valence electrons. The first-order valence-corrected chi connectivity index (χ1v) is 8.97. The number of carboxylic acids is 1. The van der Waals surface area contributed by atoms with Gasteiger partial charge in [0.25, 0.3) is 11.1 Å². The Hall–Kier alpha value is -1.52. The summed E-state index contributed by atoms with van der Waals surface area (Å²) >= 11 is 7.17. The zero-order chi connectivity index (χ0) is 18.0. The number of carbonyl (C=O) groups is 3. The summed E-state index contributed by atoms with van der Waals surface area (Å²) in [5, 5.41) is 18.1. The Kier molecular flexibility index (Phi) is 5.94. The fourth-order valence-corrected chi connectivity index (χ4v) is 3.57. The lowest BCUT2D eigenvalue weighted by molar-refractivity contribution is -0.140. The topological polar surface area (TPSA) is 104 Å². The molecular weight excluding hydrogens is 470 g/mol. The van der Waals surface area contributed by atoms with Crippen LogP contribution in [0, 0.1) is 0 Å². The number of amides is 2. The van der Waals surface area contributed by atoms with Crippen LogP contribution < -0.4 is 4.74 Å². The molecule has 0 spiro atoms. The molecule has 0 bridgehead atoms. The Balaban J connectivity index is 2.43. The number of rotatable bonds is 5. The normalized spacial score (nSPS) is 16.1. The van der Waals surface area contributed by atoms with Crippen molar-refractivity contribution in [1.29, 1.82) is 0 Å². The molecule has 1 aliphatic rings. The molecule has 0 saturated carbocycles. The molecule has 0 aromatic heterocycles. The number of nitrogens with zero attached hydrogens (tertiary/aromatic N) is 1. The van der Waals surface area contributed by atoms with Crippen molar-refractivity contribution in [2.24, 2.45) is 0 Å². The van der Waals surface area contributed by atoms with Crippen molar-refractivity contribution in [2.45, 2.75) is 6.92 Å². The smallest absolute Gasteiger partial charge is 0.323 e. The number of carbonyl (C=O) groups excluding carboxylic acids is 2. The fraction of sp³-hybridized carbons (Fsp3) is 0.214. The second kappa shape index (κ2) is 7.58. The summed E-state index contributed by atoms with van der Waals surface area (Å²) in [6.07, 6.45) is 1.43. The van der Waals surface area contributed by atoms with E-state index < -0.39 is 23.7 Å². The number of hydrogen-bond donors (Lipinski definition) is 2. The van der Waals surface area contributed by atoms with E-state index in [0.717, 1.165) is 0 Å². The van der Waals surface area contributed by atoms with E-state index in [-0.39, 0.29) is 16.4 Å². The highest BCUT2D eigenvalue weighted by atomic mass is 79.9. The van der Waals surface area contributed by atoms with E-state index in [1.165, 1.54) is 12.1 Å². The van der Waals surface area contributed by atoms with Crippen LogP contribution >= 0.6 is 43.6 Å². The predicted molar refractivity (Wildman–Crippen MR) is 95.0 cm³/mol. The number of aromatic hydroxyl groups is 1. The van der Waals surface area contributed by atoms with Crippen LogP contribution in [0.2, 0.25) is 0 Å². The minimum atomic E-state index is -1.27. The van der Waals surface area contributed by atoms with Gasteiger partial charge in [-0.05, 0) is 68.3 Å². The third-order valence-corrected chi connectivity index (χ3v) is 5.99. The number of aliphatic carboxylic acids is 1. The number of imide groups is 1. The van der Waals surface area contributed by atoms with Gasteiger partial charge in [0.2, 0.25) is 0 Å². The van der Waals surface area contributed by atoms with Gasteiger partial charge in [0, 0.05) is 4.47 Å². The van der Waals surface area contributed by atoms with Gasteiger partial charge in [-0.15, -0.1) is 0 Å². The van der Waals surface area contributed by atoms with E-state index in [0.29, 0.717) is 37.8 Å². The lowest BCUT2D eigenvalue weighted by Crippen LogP contribution is -2.33. The zero-order valence-corrected chi connectivity index (χ0v) is 16.2. The molecule has 1 heterocycles. The molecule has 0 radical (unpaired) electrons. The van der Waals surface area contributed by atoms with E-state index in [2.05, 4.69) is 31.9 Å². The molecular formula is C14H11Br2NO6S. The van der Waals surface area contributed by atoms with Gasteiger partial charge in [0.15, 0.2) is 11.5 Å². The molecule has 1 fully saturated rings. The van der Waals surface area contributed by atoms with Gasteiger partial charge in [-0.25, -0.2) is 0 Å². The summed E-state index contributed by atoms with van der Waals surface area (Å²) in [6.45, 7) is 1.40. The lowest BCUT2D eigenvalue weighted by atomic mass is 10.2. The minimum Gasteiger partial charge on any atom is -0.503 e. The number of benzene rings is 1. The molecule has 0 aliphatic carbocycles. The molecule has 0 unspecified atom stereocenters. The molecule has 24 heavy (non-hydrogen) atoms. The molecule has 1 aliphatic heterocycles. The Morgan fingerprint density at radius 3 is 2.62 bits per heavy atom. The molecule has 1 aromatic carbocycles. The van der Waals surface area contributed by atoms with Crippen LogP contribution in [0.15, 0.2) is 19.9 Å². The highest BCUT2D eigenvalue weighted by Gasteiger charge is 2.36. The first-order valence-electron chi connectivity index (χ1n) is 6.57. The fourth-order valence-electron chi connectivity index (χ4n) is 1.90. The first kappa shape index (κ1) is 18.8. The van der Waals surface area contributed by atoms with Crippen LogP contribution in [0.3, 0.4) is 0 Å². The predicted octanol–water partition coefficient (Wildman–Crippen LogP) is 3.44. The van der Waals surface area contributed by atoms with Crippen LogP contribution in [0.4, 0.5) is 4.79 Å². The van der Waals surface area contributed by atoms with Gasteiger partial charge in [-0.1, -0.05) is 0 Å². The number of phenols is 1. The van der Waals surface area contributed by atoms with E-state index in [9.17, 15) is 19.5 Å². The van der Waals surface area contributed by atoms with Gasteiger partial charge in [-0.3, -0.25) is 19.3 Å². The van der Waals surface area contributed by atoms with Crippen molar-refractivity contribution in [3.8, 4) is 11.5 Å². The van der Waals surface area contributed by atoms with Gasteiger partial charge in [0.1, 0.15) is 6.54 Å². The number of phenolic OH excluding ortho intramolecular Hbond substituents is 1. The monoisotopic (exact) mass is 479 g/mol. The second-order valence-corrected chi connectivity index (χ2v) is 7.11. The molecule has 2 rings (SSSR count). The Morgan fingerprint density at radius 2 is 2.04 bits per heavy atom. The van der Waals surface area contributed by atoms with Crippen LogP contribution in [0.5, 0.6) is 11.5 Å². The standard InChI is InChI=1S/C14H11Br2NO6S/c1-2-23-7-3-6(10(15)11(16)12(7)20)4-8-13(21)17(5-9(18)19)14(22)24-8/h3-4,20H,2,5H2,1H3,(H,18,19)/b8-4-. The molecule has 2 N–H and O–H groups in total. The van der Waals surface area contributed by atoms with E-state index in [1.54, 1.807) is 6.92 Å². The number of carboxylic acid groups (broad SMARTS) is 1. The molecule has 2 amide bonds. The van der Waals surface area contributed by atoms with E-state index in [1.807, 2.05) is 0 Å². The SMILES string of the molecule is CCOc1cc(/C=C2\SC(=O)N(CC(=O)O)C2=O)c(Br)c(Br)c1O. The lowest BCUT2D eigenvalue weighted by Gasteiger charge is -2.11. The number of halogens is 2. The average Bonchev–Trinajstić information content (AvgIpc) is 2.77. The molecule has 10 heteroatoms. The average molecular weight is 481 g/mol. The maximum Gasteiger partial charge on any atom is 0.323 e. The summed E-state index contributed by atoms with van der Waals surface area (Å²) in [5.74, 6) is -1.84. The highest BCUT2D eigenvalue weighted by Crippen LogP contribution is 2.43. The van der Waals surface area contributed by atoms with Crippen molar-refractivity contribution in [1.82, 2.24) is 4.90 Å². The third-order valence-electron chi connectivity index (χ3n) is 2.93. The highest BCUT2D eigenvalue weighted by molar-refractivity contribution is 9.13. The quantitative estimate of drug-likeness (QED) is 0.622. The van der Waals surface area contributed by atoms with E-state index >= 15 is 0 Å². The Bertz CT molecular complexity index is 764. The van der Waals surface area contributed by atoms with Crippen LogP contribution in [-0.4, -0.2) is 45.4 Å². The first-order chi connectivity index (χ1) is 11.3. The van der Waals surface area contributed by atoms with Gasteiger partial charge >= 0.3 is 5.97 Å². The number of thioether (sulfide) groups is 1. The van der Waals surface area contributed by atoms with Gasteiger partial charge in [-0.2, -0.15) is 0 Å². The second-order valence-electron chi connectivity index (χ2n) is 4.54. The van der Waals surface area contributed by atoms with Crippen molar-refractivity contribution in [2.75, 3.05) is 13.2 Å². The van der Waals surface area contributed by atoms with Crippen molar-refractivity contribution in [3.05, 3.63) is 25.5 Å². The Morgan fingerprint density at radius 1 is 1.38 bits per heavy atom. The maximum absolute atomic E-state index is 12.2. The summed E-state index contributed by atoms with van der Waals surface area (Å²) in [5.41, 5.74) is 0.490. The van der Waals surface area contributed by atoms with Crippen molar-refractivity contribution >= 4 is 66.8 Å². The molecule has 7 nitrogen and oxygen atoms in total. The van der Waals surface area contributed by atoms with Crippen LogP contribution in [0.25, 0.3) is 6.08 Å². The van der Waals surface area contributed by atoms with Crippen molar-refractivity contribution < 1.29 is 29.3 Å². The number of hydrogen-bond acceptors (Lipinski definition) is 6. The van der Waals surface area contributed by atoms with Crippen molar-refractivity contribution in [3.63, 3.8) is 0 Å². The number of ether oxygens (including phenoxy) is 1. The maximum atomic E-state index is 12.2. The van der Waals surface area contributed by atoms with Crippen LogP contribution in [-0.2, 0) is 9.59 Å². The van der Waals surface area contributed by atoms with Gasteiger partial charge in [0.05, 0.1) is 16.0 Å². The minimum absolute atomic E-state index is 0.0852. The third kappa shape index (κ3) is 3.76. The van der Waals surface area contributed by atoms with Crippen LogP contribution in [0.1, 0.15) is 12.5 Å². The Labute approximate surface area is 157 Å². The summed E-state index contributed by atoms with van der Waals surface area (Å²) < 4.78 is 6.13. The largest absolute Gasteiger partial charge is 0.503 e.